The van der Waals surface area contributed by atoms with Gasteiger partial charge in [-0.2, -0.15) is 0 Å². The number of thiophene rings is 1. The number of fused-ring (bicyclic) bond motifs is 6. The zero-order valence-corrected chi connectivity index (χ0v) is 45.0. The minimum Gasteiger partial charge on any atom is -0.512 e. The van der Waals surface area contributed by atoms with Gasteiger partial charge in [-0.25, -0.2) is 0 Å². The Labute approximate surface area is 403 Å². The Balaban J connectivity index is 0.000000367. The number of rotatable bonds is 9. The number of aryl methyl sites for hydroxylation is 1. The first kappa shape index (κ1) is 49.8. The molecule has 3 nitrogen and oxygen atoms in total. The first-order chi connectivity index (χ1) is 29.4. The standard InChI is InChI=1S/C46H50NS.C13H24O2.Ir/c1-26-29(36-37-34(43(5,6)24-45(37,9)10)23-35-38(36)46(11,12)25-44(35,7)8)17-18-31-32-19-20-47-39(41(32)48-40(26)31)28-21-27-15-13-14-16-30(27)33(22-28)42(2,3)4;1-5-10(6-2)12(14)9-13(15)11(7-3)8-4;/h13-20,22-23H,24-25H2,1-12H3;9-11,14H,5-8H2,1-4H3;/q-1;;/b;12-9-;. The van der Waals surface area contributed by atoms with Crippen LogP contribution in [0.2, 0.25) is 0 Å². The Morgan fingerprint density at radius 1 is 0.750 bits per heavy atom. The Morgan fingerprint density at radius 3 is 1.84 bits per heavy atom. The fraction of sp³-hybridized carbons (Fsp3) is 0.492. The summed E-state index contributed by atoms with van der Waals surface area (Å²) in [6.45, 7) is 37.2. The van der Waals surface area contributed by atoms with E-state index in [-0.39, 0.29) is 70.6 Å². The molecule has 0 aliphatic heterocycles. The van der Waals surface area contributed by atoms with E-state index < -0.39 is 0 Å². The molecule has 0 saturated heterocycles. The number of hydrogen-bond donors (Lipinski definition) is 1. The van der Waals surface area contributed by atoms with Gasteiger partial charge in [0.15, 0.2) is 5.78 Å². The van der Waals surface area contributed by atoms with Crippen LogP contribution in [0.5, 0.6) is 0 Å². The van der Waals surface area contributed by atoms with Crippen LogP contribution in [0.15, 0.2) is 72.6 Å². The van der Waals surface area contributed by atoms with Crippen molar-refractivity contribution in [3.8, 4) is 22.4 Å². The minimum atomic E-state index is 0. The van der Waals surface area contributed by atoms with Crippen LogP contribution >= 0.6 is 11.3 Å². The molecule has 0 saturated carbocycles. The van der Waals surface area contributed by atoms with Crippen LogP contribution in [0.4, 0.5) is 0 Å². The average Bonchev–Trinajstić information content (AvgIpc) is 3.75. The third-order valence-electron chi connectivity index (χ3n) is 14.9. The van der Waals surface area contributed by atoms with E-state index >= 15 is 0 Å². The summed E-state index contributed by atoms with van der Waals surface area (Å²) in [4.78, 5) is 16.8. The number of hydrogen-bond acceptors (Lipinski definition) is 4. The first-order valence-electron chi connectivity index (χ1n) is 23.9. The van der Waals surface area contributed by atoms with Crippen LogP contribution in [0, 0.1) is 24.8 Å². The number of nitrogens with zero attached hydrogens (tertiary/aromatic N) is 1. The summed E-state index contributed by atoms with van der Waals surface area (Å²) in [5, 5.41) is 14.8. The fourth-order valence-electron chi connectivity index (χ4n) is 12.1. The second-order valence-electron chi connectivity index (χ2n) is 22.6. The maximum atomic E-state index is 11.7. The number of allylic oxidation sites excluding steroid dienone is 2. The molecule has 1 radical (unpaired) electrons. The van der Waals surface area contributed by atoms with E-state index in [4.69, 9.17) is 4.98 Å². The number of aromatic nitrogens is 1. The molecule has 0 spiro atoms. The Bertz CT molecular complexity index is 2710. The van der Waals surface area contributed by atoms with E-state index in [1.54, 1.807) is 22.3 Å². The molecule has 0 amide bonds. The Morgan fingerprint density at radius 2 is 1.30 bits per heavy atom. The zero-order chi connectivity index (χ0) is 46.2. The van der Waals surface area contributed by atoms with Crippen molar-refractivity contribution in [3.63, 3.8) is 0 Å². The molecule has 5 heteroatoms. The van der Waals surface area contributed by atoms with Crippen LogP contribution in [0.3, 0.4) is 0 Å². The summed E-state index contributed by atoms with van der Waals surface area (Å²) in [6, 6.07) is 24.5. The molecule has 2 heterocycles. The third kappa shape index (κ3) is 8.73. The fourth-order valence-corrected chi connectivity index (χ4v) is 13.4. The van der Waals surface area contributed by atoms with Crippen LogP contribution in [0.25, 0.3) is 53.3 Å². The molecular weight excluding hydrogens is 979 g/mol. The smallest absolute Gasteiger partial charge is 0.162 e. The number of carbonyl (C=O) groups excluding carboxylic acids is 1. The van der Waals surface area contributed by atoms with E-state index in [2.05, 4.69) is 144 Å². The summed E-state index contributed by atoms with van der Waals surface area (Å²) < 4.78 is 2.63. The average molecular weight is 1050 g/mol. The van der Waals surface area contributed by atoms with Gasteiger partial charge < -0.3 is 5.11 Å². The number of benzene rings is 4. The van der Waals surface area contributed by atoms with Gasteiger partial charge in [-0.3, -0.25) is 9.78 Å². The van der Waals surface area contributed by atoms with E-state index in [1.807, 2.05) is 45.2 Å². The van der Waals surface area contributed by atoms with Gasteiger partial charge in [-0.1, -0.05) is 151 Å². The van der Waals surface area contributed by atoms with Crippen molar-refractivity contribution in [2.45, 2.75) is 176 Å². The molecular formula is C59H74IrNO2S-. The Hall–Kier alpha value is -3.63. The summed E-state index contributed by atoms with van der Waals surface area (Å²) in [7, 11) is 0. The molecule has 2 aliphatic carbocycles. The number of carbonyl (C=O) groups is 1. The van der Waals surface area contributed by atoms with Gasteiger partial charge in [0, 0.05) is 64.7 Å². The van der Waals surface area contributed by atoms with E-state index in [0.717, 1.165) is 42.3 Å². The van der Waals surface area contributed by atoms with Gasteiger partial charge in [0.1, 0.15) is 0 Å². The number of pyridine rings is 1. The molecule has 64 heavy (non-hydrogen) atoms. The van der Waals surface area contributed by atoms with Crippen molar-refractivity contribution in [1.29, 1.82) is 0 Å². The zero-order valence-electron chi connectivity index (χ0n) is 41.8. The SMILES string of the molecule is CCC(CC)C(=O)/C=C(\O)C(CC)CC.Cc1c(-c2c3c(cc4c2C(C)(C)CC4(C)C)C(C)(C)CC3(C)C)ccc2c1sc1c(-c3[c-]c4ccccc4c(C(C)(C)C)c3)nccc12.[Ir]. The van der Waals surface area contributed by atoms with Crippen LogP contribution in [-0.4, -0.2) is 15.9 Å². The van der Waals surface area contributed by atoms with Gasteiger partial charge in [0.05, 0.1) is 5.76 Å². The summed E-state index contributed by atoms with van der Waals surface area (Å²) in [6.07, 6.45) is 9.25. The molecule has 2 aliphatic rings. The molecule has 1 N–H and O–H groups in total. The van der Waals surface area contributed by atoms with Crippen molar-refractivity contribution >= 4 is 48.1 Å². The first-order valence-corrected chi connectivity index (χ1v) is 24.7. The predicted octanol–water partition coefficient (Wildman–Crippen LogP) is 17.1. The second kappa shape index (κ2) is 17.9. The molecule has 0 atom stereocenters. The van der Waals surface area contributed by atoms with Crippen molar-refractivity contribution < 1.29 is 30.0 Å². The number of aliphatic hydroxyl groups is 1. The summed E-state index contributed by atoms with van der Waals surface area (Å²) in [5.74, 6) is 0.547. The van der Waals surface area contributed by atoms with Gasteiger partial charge in [0.25, 0.3) is 0 Å². The van der Waals surface area contributed by atoms with Gasteiger partial charge in [-0.05, 0) is 123 Å². The van der Waals surface area contributed by atoms with Crippen LogP contribution < -0.4 is 0 Å². The molecule has 2 aromatic heterocycles. The molecule has 8 rings (SSSR count). The molecule has 0 unspecified atom stereocenters. The van der Waals surface area contributed by atoms with Gasteiger partial charge in [-0.15, -0.1) is 40.5 Å². The monoisotopic (exact) mass is 1050 g/mol. The number of aliphatic hydroxyl groups excluding tert-OH is 1. The second-order valence-corrected chi connectivity index (χ2v) is 23.7. The quantitative estimate of drug-likeness (QED) is 0.0892. The van der Waals surface area contributed by atoms with Crippen LogP contribution in [-0.2, 0) is 52.0 Å². The van der Waals surface area contributed by atoms with Crippen molar-refractivity contribution in [3.05, 3.63) is 112 Å². The molecule has 6 aromatic rings. The van der Waals surface area contributed by atoms with Crippen molar-refractivity contribution in [2.75, 3.05) is 0 Å². The van der Waals surface area contributed by atoms with Crippen molar-refractivity contribution in [1.82, 2.24) is 4.98 Å². The topological polar surface area (TPSA) is 50.2 Å². The van der Waals surface area contributed by atoms with Gasteiger partial charge >= 0.3 is 0 Å². The maximum absolute atomic E-state index is 11.7. The van der Waals surface area contributed by atoms with E-state index in [1.165, 1.54) is 66.7 Å². The molecule has 4 aromatic carbocycles. The van der Waals surface area contributed by atoms with Crippen molar-refractivity contribution in [2.24, 2.45) is 11.8 Å². The Kier molecular flexibility index (Phi) is 13.9. The molecule has 0 fully saturated rings. The predicted molar refractivity (Wildman–Crippen MR) is 273 cm³/mol. The third-order valence-corrected chi connectivity index (χ3v) is 16.2. The van der Waals surface area contributed by atoms with Crippen LogP contribution in [0.1, 0.15) is 176 Å². The minimum absolute atomic E-state index is 0. The largest absolute Gasteiger partial charge is 0.512 e. The molecule has 0 bridgehead atoms. The maximum Gasteiger partial charge on any atom is 0.162 e. The van der Waals surface area contributed by atoms with Gasteiger partial charge in [0.2, 0.25) is 0 Å². The normalized spacial score (nSPS) is 17.1. The number of ketones is 1. The van der Waals surface area contributed by atoms with E-state index in [0.29, 0.717) is 0 Å². The molecule has 343 valence electrons. The summed E-state index contributed by atoms with van der Waals surface area (Å²) >= 11 is 1.92. The van der Waals surface area contributed by atoms with E-state index in [9.17, 15) is 9.90 Å². The summed E-state index contributed by atoms with van der Waals surface area (Å²) in [5.41, 5.74) is 14.6.